The third-order valence-corrected chi connectivity index (χ3v) is 2.13. The Morgan fingerprint density at radius 3 is 2.50 bits per heavy atom. The van der Waals surface area contributed by atoms with Crippen molar-refractivity contribution in [2.75, 3.05) is 13.1 Å². The fourth-order valence-electron chi connectivity index (χ4n) is 1.32. The highest BCUT2D eigenvalue weighted by atomic mass is 19.1. The molecule has 1 amide bonds. The van der Waals surface area contributed by atoms with E-state index in [1.807, 2.05) is 0 Å². The van der Waals surface area contributed by atoms with Gasteiger partial charge < -0.3 is 11.1 Å². The van der Waals surface area contributed by atoms with Gasteiger partial charge in [-0.2, -0.15) is 0 Å². The molecule has 5 heteroatoms. The van der Waals surface area contributed by atoms with Crippen molar-refractivity contribution in [1.82, 2.24) is 5.32 Å². The van der Waals surface area contributed by atoms with Crippen LogP contribution in [0.1, 0.15) is 12.0 Å². The molecule has 3 N–H and O–H groups in total. The van der Waals surface area contributed by atoms with Crippen LogP contribution >= 0.6 is 0 Å². The summed E-state index contributed by atoms with van der Waals surface area (Å²) in [6, 6.07) is 3.70. The second-order valence-electron chi connectivity index (χ2n) is 3.34. The standard InChI is InChI=1S/C11H14F2N2O/c12-9-2-1-3-10(13)8(9)5-7-15-11(16)4-6-14/h1-3H,4-7,14H2,(H,15,16). The van der Waals surface area contributed by atoms with Gasteiger partial charge in [-0.25, -0.2) is 8.78 Å². The van der Waals surface area contributed by atoms with Gasteiger partial charge in [-0.1, -0.05) is 6.07 Å². The molecule has 0 saturated carbocycles. The Hall–Kier alpha value is -1.49. The Bertz CT molecular complexity index is 349. The van der Waals surface area contributed by atoms with E-state index < -0.39 is 11.6 Å². The molecule has 0 fully saturated rings. The summed E-state index contributed by atoms with van der Waals surface area (Å²) in [4.78, 5) is 11.0. The summed E-state index contributed by atoms with van der Waals surface area (Å²) in [5, 5.41) is 2.53. The topological polar surface area (TPSA) is 55.1 Å². The molecular weight excluding hydrogens is 214 g/mol. The van der Waals surface area contributed by atoms with Gasteiger partial charge in [-0.3, -0.25) is 4.79 Å². The lowest BCUT2D eigenvalue weighted by Crippen LogP contribution is -2.27. The predicted octanol–water partition coefficient (Wildman–Crippen LogP) is 0.972. The molecular formula is C11H14F2N2O. The number of halogens is 2. The van der Waals surface area contributed by atoms with E-state index in [4.69, 9.17) is 5.73 Å². The summed E-state index contributed by atoms with van der Waals surface area (Å²) in [6.07, 6.45) is 0.356. The molecule has 0 heterocycles. The van der Waals surface area contributed by atoms with E-state index in [2.05, 4.69) is 5.32 Å². The molecule has 1 aromatic rings. The second kappa shape index (κ2) is 6.17. The molecule has 1 rings (SSSR count). The number of carbonyl (C=O) groups is 1. The van der Waals surface area contributed by atoms with Gasteiger partial charge in [0.05, 0.1) is 0 Å². The average Bonchev–Trinajstić information content (AvgIpc) is 2.23. The molecule has 0 spiro atoms. The van der Waals surface area contributed by atoms with Crippen molar-refractivity contribution in [3.63, 3.8) is 0 Å². The number of carbonyl (C=O) groups excluding carboxylic acids is 1. The van der Waals surface area contributed by atoms with Crippen LogP contribution in [0.5, 0.6) is 0 Å². The molecule has 16 heavy (non-hydrogen) atoms. The molecule has 88 valence electrons. The molecule has 0 atom stereocenters. The van der Waals surface area contributed by atoms with Crippen LogP contribution in [0.25, 0.3) is 0 Å². The van der Waals surface area contributed by atoms with Crippen molar-refractivity contribution < 1.29 is 13.6 Å². The van der Waals surface area contributed by atoms with Crippen LogP contribution in [0, 0.1) is 11.6 Å². The van der Waals surface area contributed by atoms with Gasteiger partial charge in [0, 0.05) is 25.1 Å². The van der Waals surface area contributed by atoms with Crippen molar-refractivity contribution >= 4 is 5.91 Å². The lowest BCUT2D eigenvalue weighted by molar-refractivity contribution is -0.120. The molecule has 0 aliphatic carbocycles. The average molecular weight is 228 g/mol. The zero-order valence-corrected chi connectivity index (χ0v) is 8.80. The first-order chi connectivity index (χ1) is 7.65. The first-order valence-electron chi connectivity index (χ1n) is 5.05. The second-order valence-corrected chi connectivity index (χ2v) is 3.34. The number of rotatable bonds is 5. The first kappa shape index (κ1) is 12.6. The van der Waals surface area contributed by atoms with Gasteiger partial charge >= 0.3 is 0 Å². The van der Waals surface area contributed by atoms with Gasteiger partial charge in [-0.05, 0) is 18.6 Å². The number of hydrogen-bond acceptors (Lipinski definition) is 2. The third-order valence-electron chi connectivity index (χ3n) is 2.13. The molecule has 0 unspecified atom stereocenters. The highest BCUT2D eigenvalue weighted by Gasteiger charge is 2.08. The van der Waals surface area contributed by atoms with Crippen molar-refractivity contribution in [3.8, 4) is 0 Å². The Balaban J connectivity index is 2.46. The number of hydrogen-bond donors (Lipinski definition) is 2. The number of benzene rings is 1. The SMILES string of the molecule is NCCC(=O)NCCc1c(F)cccc1F. The molecule has 1 aromatic carbocycles. The smallest absolute Gasteiger partial charge is 0.221 e. The van der Waals surface area contributed by atoms with Crippen LogP contribution in [0.15, 0.2) is 18.2 Å². The molecule has 0 saturated heterocycles. The summed E-state index contributed by atoms with van der Waals surface area (Å²) in [7, 11) is 0. The van der Waals surface area contributed by atoms with Crippen molar-refractivity contribution in [1.29, 1.82) is 0 Å². The van der Waals surface area contributed by atoms with Gasteiger partial charge in [0.25, 0.3) is 0 Å². The molecule has 0 aliphatic rings. The maximum Gasteiger partial charge on any atom is 0.221 e. The Kier molecular flexibility index (Phi) is 4.85. The van der Waals surface area contributed by atoms with E-state index in [0.29, 0.717) is 0 Å². The fourth-order valence-corrected chi connectivity index (χ4v) is 1.32. The van der Waals surface area contributed by atoms with E-state index in [9.17, 15) is 13.6 Å². The molecule has 0 aliphatic heterocycles. The van der Waals surface area contributed by atoms with E-state index >= 15 is 0 Å². The summed E-state index contributed by atoms with van der Waals surface area (Å²) in [5.74, 6) is -1.39. The van der Waals surface area contributed by atoms with Crippen molar-refractivity contribution in [2.24, 2.45) is 5.73 Å². The largest absolute Gasteiger partial charge is 0.356 e. The highest BCUT2D eigenvalue weighted by Crippen LogP contribution is 2.11. The minimum Gasteiger partial charge on any atom is -0.356 e. The zero-order chi connectivity index (χ0) is 12.0. The van der Waals surface area contributed by atoms with Crippen LogP contribution < -0.4 is 11.1 Å². The quantitative estimate of drug-likeness (QED) is 0.789. The fraction of sp³-hybridized carbons (Fsp3) is 0.364. The summed E-state index contributed by atoms with van der Waals surface area (Å²) < 4.78 is 26.3. The molecule has 3 nitrogen and oxygen atoms in total. The van der Waals surface area contributed by atoms with Gasteiger partial charge in [0.15, 0.2) is 0 Å². The number of nitrogens with two attached hydrogens (primary N) is 1. The monoisotopic (exact) mass is 228 g/mol. The minimum atomic E-state index is -0.590. The van der Waals surface area contributed by atoms with E-state index in [-0.39, 0.29) is 37.4 Å². The van der Waals surface area contributed by atoms with Gasteiger partial charge in [0.1, 0.15) is 11.6 Å². The maximum atomic E-state index is 13.2. The van der Waals surface area contributed by atoms with Crippen molar-refractivity contribution in [3.05, 3.63) is 35.4 Å². The Labute approximate surface area is 92.6 Å². The summed E-state index contributed by atoms with van der Waals surface area (Å²) in [5.41, 5.74) is 5.18. The first-order valence-corrected chi connectivity index (χ1v) is 5.05. The van der Waals surface area contributed by atoms with Crippen LogP contribution in [-0.4, -0.2) is 19.0 Å². The molecule has 0 radical (unpaired) electrons. The van der Waals surface area contributed by atoms with Crippen LogP contribution in [0.2, 0.25) is 0 Å². The van der Waals surface area contributed by atoms with Gasteiger partial charge in [0.2, 0.25) is 5.91 Å². The lowest BCUT2D eigenvalue weighted by Gasteiger charge is -2.06. The predicted molar refractivity (Wildman–Crippen MR) is 56.7 cm³/mol. The van der Waals surface area contributed by atoms with Crippen molar-refractivity contribution in [2.45, 2.75) is 12.8 Å². The number of amides is 1. The third kappa shape index (κ3) is 3.58. The highest BCUT2D eigenvalue weighted by molar-refractivity contribution is 5.75. The summed E-state index contributed by atoms with van der Waals surface area (Å²) in [6.45, 7) is 0.469. The van der Waals surface area contributed by atoms with E-state index in [1.54, 1.807) is 0 Å². The van der Waals surface area contributed by atoms with E-state index in [1.165, 1.54) is 18.2 Å². The normalized spacial score (nSPS) is 10.2. The Morgan fingerprint density at radius 2 is 1.94 bits per heavy atom. The van der Waals surface area contributed by atoms with E-state index in [0.717, 1.165) is 0 Å². The van der Waals surface area contributed by atoms with Crippen LogP contribution in [0.3, 0.4) is 0 Å². The lowest BCUT2D eigenvalue weighted by atomic mass is 10.1. The van der Waals surface area contributed by atoms with Crippen LogP contribution in [-0.2, 0) is 11.2 Å². The van der Waals surface area contributed by atoms with Gasteiger partial charge in [-0.15, -0.1) is 0 Å². The minimum absolute atomic E-state index is 0.00412. The molecule has 0 bridgehead atoms. The summed E-state index contributed by atoms with van der Waals surface area (Å²) >= 11 is 0. The maximum absolute atomic E-state index is 13.2. The number of nitrogens with one attached hydrogen (secondary N) is 1. The zero-order valence-electron chi connectivity index (χ0n) is 8.80. The Morgan fingerprint density at radius 1 is 1.31 bits per heavy atom. The van der Waals surface area contributed by atoms with Crippen LogP contribution in [0.4, 0.5) is 8.78 Å². The molecule has 0 aromatic heterocycles.